The number of nitrogens with zero attached hydrogens (tertiary/aromatic N) is 2. The number of hydrogen-bond donors (Lipinski definition) is 3. The Morgan fingerprint density at radius 2 is 1.77 bits per heavy atom. The average Bonchev–Trinajstić information content (AvgIpc) is 3.48. The molecular weight excluding hydrogens is 567 g/mol. The SMILES string of the molecule is C[C@H](NCC(=O)OC(C)(C)C)C(=O)N[C@H](C(=O)N1CCC[C@H]1c1cncc(-c2ccc(F)c(C(=O)O)c2)c1)C1CCCCC1. The van der Waals surface area contributed by atoms with Crippen molar-refractivity contribution in [3.8, 4) is 11.1 Å². The van der Waals surface area contributed by atoms with E-state index < -0.39 is 41.0 Å². The fourth-order valence-electron chi connectivity index (χ4n) is 6.06. The number of esters is 1. The van der Waals surface area contributed by atoms with Crippen LogP contribution in [0.4, 0.5) is 4.39 Å². The van der Waals surface area contributed by atoms with Gasteiger partial charge in [0.2, 0.25) is 11.8 Å². The van der Waals surface area contributed by atoms with Crippen LogP contribution in [0.5, 0.6) is 0 Å². The van der Waals surface area contributed by atoms with Gasteiger partial charge in [-0.1, -0.05) is 25.3 Å². The van der Waals surface area contributed by atoms with Crippen LogP contribution >= 0.6 is 0 Å². The maximum Gasteiger partial charge on any atom is 0.338 e. The lowest BCUT2D eigenvalue weighted by Gasteiger charge is -2.35. The maximum absolute atomic E-state index is 14.2. The predicted molar refractivity (Wildman–Crippen MR) is 162 cm³/mol. The van der Waals surface area contributed by atoms with E-state index in [1.165, 1.54) is 12.1 Å². The van der Waals surface area contributed by atoms with Gasteiger partial charge in [0.1, 0.15) is 17.5 Å². The number of benzene rings is 1. The first-order valence-electron chi connectivity index (χ1n) is 15.4. The smallest absolute Gasteiger partial charge is 0.338 e. The molecule has 3 N–H and O–H groups in total. The van der Waals surface area contributed by atoms with Gasteiger partial charge in [0.15, 0.2) is 0 Å². The molecule has 2 aliphatic rings. The van der Waals surface area contributed by atoms with E-state index in [1.807, 2.05) is 11.0 Å². The van der Waals surface area contributed by atoms with Crippen molar-refractivity contribution in [1.29, 1.82) is 0 Å². The molecule has 1 aromatic heterocycles. The highest BCUT2D eigenvalue weighted by Gasteiger charge is 2.39. The predicted octanol–water partition coefficient (Wildman–Crippen LogP) is 4.63. The second kappa shape index (κ2) is 14.3. The van der Waals surface area contributed by atoms with E-state index >= 15 is 0 Å². The molecule has 0 unspecified atom stereocenters. The zero-order valence-corrected chi connectivity index (χ0v) is 25.9. The number of aromatic carboxylic acids is 1. The Labute approximate surface area is 257 Å². The van der Waals surface area contributed by atoms with Gasteiger partial charge < -0.3 is 20.1 Å². The molecule has 4 rings (SSSR count). The van der Waals surface area contributed by atoms with Crippen molar-refractivity contribution in [3.63, 3.8) is 0 Å². The number of likely N-dealkylation sites (tertiary alicyclic amines) is 1. The van der Waals surface area contributed by atoms with Crippen LogP contribution in [0.1, 0.15) is 94.6 Å². The molecule has 1 aliphatic carbocycles. The van der Waals surface area contributed by atoms with Gasteiger partial charge in [-0.3, -0.25) is 24.7 Å². The Bertz CT molecular complexity index is 1370. The van der Waals surface area contributed by atoms with Gasteiger partial charge >= 0.3 is 11.9 Å². The van der Waals surface area contributed by atoms with Gasteiger partial charge in [-0.25, -0.2) is 9.18 Å². The number of aromatic nitrogens is 1. The largest absolute Gasteiger partial charge is 0.478 e. The molecule has 1 aliphatic heterocycles. The van der Waals surface area contributed by atoms with Crippen LogP contribution in [-0.2, 0) is 19.1 Å². The highest BCUT2D eigenvalue weighted by Crippen LogP contribution is 2.36. The molecule has 0 spiro atoms. The van der Waals surface area contributed by atoms with Gasteiger partial charge in [-0.05, 0) is 88.6 Å². The minimum atomic E-state index is -1.36. The van der Waals surface area contributed by atoms with E-state index in [0.717, 1.165) is 50.2 Å². The monoisotopic (exact) mass is 610 g/mol. The lowest BCUT2D eigenvalue weighted by Crippen LogP contribution is -2.56. The topological polar surface area (TPSA) is 138 Å². The molecule has 10 nitrogen and oxygen atoms in total. The van der Waals surface area contributed by atoms with Crippen molar-refractivity contribution in [1.82, 2.24) is 20.5 Å². The highest BCUT2D eigenvalue weighted by atomic mass is 19.1. The molecule has 2 aromatic rings. The average molecular weight is 611 g/mol. The maximum atomic E-state index is 14.2. The molecule has 1 saturated carbocycles. The molecule has 1 aromatic carbocycles. The summed E-state index contributed by atoms with van der Waals surface area (Å²) < 4.78 is 19.3. The Morgan fingerprint density at radius 3 is 2.45 bits per heavy atom. The number of hydrogen-bond acceptors (Lipinski definition) is 7. The number of ether oxygens (including phenoxy) is 1. The van der Waals surface area contributed by atoms with E-state index in [9.17, 15) is 28.7 Å². The molecule has 2 heterocycles. The summed E-state index contributed by atoms with van der Waals surface area (Å²) in [6.45, 7) is 7.38. The summed E-state index contributed by atoms with van der Waals surface area (Å²) >= 11 is 0. The van der Waals surface area contributed by atoms with Gasteiger partial charge in [0.05, 0.1) is 24.2 Å². The number of carboxylic acids is 1. The minimum Gasteiger partial charge on any atom is -0.478 e. The molecule has 44 heavy (non-hydrogen) atoms. The number of carboxylic acid groups (broad SMARTS) is 1. The van der Waals surface area contributed by atoms with E-state index in [0.29, 0.717) is 24.1 Å². The molecule has 1 saturated heterocycles. The molecule has 238 valence electrons. The summed E-state index contributed by atoms with van der Waals surface area (Å²) in [7, 11) is 0. The zero-order valence-electron chi connectivity index (χ0n) is 25.9. The van der Waals surface area contributed by atoms with E-state index in [1.54, 1.807) is 40.1 Å². The third-order valence-electron chi connectivity index (χ3n) is 8.26. The number of nitrogens with one attached hydrogen (secondary N) is 2. The number of halogens is 1. The Morgan fingerprint density at radius 1 is 1.05 bits per heavy atom. The Kier molecular flexibility index (Phi) is 10.7. The molecule has 3 atom stereocenters. The summed E-state index contributed by atoms with van der Waals surface area (Å²) in [4.78, 5) is 57.3. The number of amides is 2. The number of carbonyl (C=O) groups excluding carboxylic acids is 3. The Balaban J connectivity index is 1.52. The quantitative estimate of drug-likeness (QED) is 0.331. The lowest BCUT2D eigenvalue weighted by molar-refractivity contribution is -0.153. The molecule has 11 heteroatoms. The fraction of sp³-hybridized carbons (Fsp3) is 0.545. The van der Waals surface area contributed by atoms with E-state index in [4.69, 9.17) is 4.74 Å². The number of rotatable bonds is 10. The van der Waals surface area contributed by atoms with Crippen molar-refractivity contribution in [2.24, 2.45) is 5.92 Å². The molecule has 0 bridgehead atoms. The molecular formula is C33H43FN4O6. The molecule has 2 fully saturated rings. The van der Waals surface area contributed by atoms with Crippen LogP contribution in [0, 0.1) is 11.7 Å². The van der Waals surface area contributed by atoms with Crippen molar-refractivity contribution >= 4 is 23.8 Å². The summed E-state index contributed by atoms with van der Waals surface area (Å²) in [5, 5.41) is 15.3. The number of carbonyl (C=O) groups is 4. The van der Waals surface area contributed by atoms with Gasteiger partial charge in [0.25, 0.3) is 0 Å². The van der Waals surface area contributed by atoms with Gasteiger partial charge in [0, 0.05) is 24.5 Å². The second-order valence-electron chi connectivity index (χ2n) is 12.8. The van der Waals surface area contributed by atoms with E-state index in [2.05, 4.69) is 15.6 Å². The Hall–Kier alpha value is -3.86. The first-order valence-corrected chi connectivity index (χ1v) is 15.4. The normalized spacial score (nSPS) is 18.8. The molecule has 0 radical (unpaired) electrons. The highest BCUT2D eigenvalue weighted by molar-refractivity contribution is 5.91. The second-order valence-corrected chi connectivity index (χ2v) is 12.8. The van der Waals surface area contributed by atoms with Crippen LogP contribution in [-0.4, -0.2) is 69.5 Å². The van der Waals surface area contributed by atoms with Gasteiger partial charge in [-0.15, -0.1) is 0 Å². The first kappa shape index (κ1) is 33.0. The third kappa shape index (κ3) is 8.40. The summed E-state index contributed by atoms with van der Waals surface area (Å²) in [6, 6.07) is 4.07. The van der Waals surface area contributed by atoms with Gasteiger partial charge in [-0.2, -0.15) is 0 Å². The van der Waals surface area contributed by atoms with Crippen molar-refractivity contribution in [3.05, 3.63) is 53.6 Å². The van der Waals surface area contributed by atoms with Crippen molar-refractivity contribution in [2.75, 3.05) is 13.1 Å². The fourth-order valence-corrected chi connectivity index (χ4v) is 6.06. The summed E-state index contributed by atoms with van der Waals surface area (Å²) in [5.74, 6) is -3.14. The summed E-state index contributed by atoms with van der Waals surface area (Å²) in [5.41, 5.74) is 0.854. The number of pyridine rings is 1. The zero-order chi connectivity index (χ0) is 32.0. The van der Waals surface area contributed by atoms with Crippen LogP contribution in [0.25, 0.3) is 11.1 Å². The molecule has 2 amide bonds. The van der Waals surface area contributed by atoms with Crippen LogP contribution in [0.2, 0.25) is 0 Å². The van der Waals surface area contributed by atoms with Crippen LogP contribution in [0.15, 0.2) is 36.7 Å². The van der Waals surface area contributed by atoms with E-state index in [-0.39, 0.29) is 30.3 Å². The van der Waals surface area contributed by atoms with Crippen LogP contribution in [0.3, 0.4) is 0 Å². The van der Waals surface area contributed by atoms with Crippen molar-refractivity contribution in [2.45, 2.75) is 96.4 Å². The third-order valence-corrected chi connectivity index (χ3v) is 8.26. The standard InChI is InChI=1S/C33H43FN4O6/c1-20(36-19-28(39)44-33(2,3)4)30(40)37-29(21-9-6-5-7-10-21)31(41)38-14-8-11-27(38)24-15-23(17-35-18-24)22-12-13-26(34)25(16-22)32(42)43/h12-13,15-18,20-21,27,29,36H,5-11,14,19H2,1-4H3,(H,37,40)(H,42,43)/t20-,27-,29-/m0/s1. The summed E-state index contributed by atoms with van der Waals surface area (Å²) in [6.07, 6.45) is 9.50. The van der Waals surface area contributed by atoms with Crippen molar-refractivity contribution < 1.29 is 33.4 Å². The lowest BCUT2D eigenvalue weighted by atomic mass is 9.83. The minimum absolute atomic E-state index is 0.00220. The van der Waals surface area contributed by atoms with Crippen LogP contribution < -0.4 is 10.6 Å². The first-order chi connectivity index (χ1) is 20.8.